The summed E-state index contributed by atoms with van der Waals surface area (Å²) >= 11 is 0. The first kappa shape index (κ1) is 13.0. The highest BCUT2D eigenvalue weighted by atomic mass is 19.3. The van der Waals surface area contributed by atoms with Gasteiger partial charge in [-0.3, -0.25) is 0 Å². The van der Waals surface area contributed by atoms with Crippen LogP contribution in [0.2, 0.25) is 0 Å². The van der Waals surface area contributed by atoms with E-state index in [-0.39, 0.29) is 5.75 Å². The quantitative estimate of drug-likeness (QED) is 0.320. The zero-order chi connectivity index (χ0) is 12.5. The third-order valence-electron chi connectivity index (χ3n) is 1.89. The van der Waals surface area contributed by atoms with Gasteiger partial charge in [0.25, 0.3) is 0 Å². The molecular formula is C11H11F2N3O. The fourth-order valence-corrected chi connectivity index (χ4v) is 1.21. The van der Waals surface area contributed by atoms with Crippen LogP contribution in [0.5, 0.6) is 5.75 Å². The van der Waals surface area contributed by atoms with E-state index >= 15 is 0 Å². The Balaban J connectivity index is 2.65. The van der Waals surface area contributed by atoms with Crippen molar-refractivity contribution in [3.8, 4) is 5.75 Å². The summed E-state index contributed by atoms with van der Waals surface area (Å²) in [5.74, 6) is 0.127. The van der Waals surface area contributed by atoms with Gasteiger partial charge < -0.3 is 4.74 Å². The molecule has 0 aromatic heterocycles. The van der Waals surface area contributed by atoms with Crippen LogP contribution in [0.4, 0.5) is 8.78 Å². The van der Waals surface area contributed by atoms with E-state index in [0.29, 0.717) is 18.5 Å². The molecular weight excluding hydrogens is 228 g/mol. The molecule has 0 amide bonds. The standard InChI is InChI=1S/C11H11F2N3O/c12-11(13)17-10-7-2-1-5-9(10)6-3-4-8-15-16-14/h1-3,5-7,11H,4,8H2. The Hall–Kier alpha value is -2.07. The van der Waals surface area contributed by atoms with Crippen LogP contribution in [0.25, 0.3) is 16.5 Å². The summed E-state index contributed by atoms with van der Waals surface area (Å²) in [7, 11) is 0. The third kappa shape index (κ3) is 4.99. The number of ether oxygens (including phenoxy) is 1. The topological polar surface area (TPSA) is 58.0 Å². The summed E-state index contributed by atoms with van der Waals surface area (Å²) < 4.78 is 28.5. The molecule has 0 aliphatic rings. The summed E-state index contributed by atoms with van der Waals surface area (Å²) in [6.07, 6.45) is 3.94. The molecule has 6 heteroatoms. The van der Waals surface area contributed by atoms with Crippen molar-refractivity contribution in [2.45, 2.75) is 13.0 Å². The van der Waals surface area contributed by atoms with Gasteiger partial charge in [-0.2, -0.15) is 8.78 Å². The molecule has 0 radical (unpaired) electrons. The van der Waals surface area contributed by atoms with Crippen molar-refractivity contribution in [3.63, 3.8) is 0 Å². The molecule has 0 spiro atoms. The number of alkyl halides is 2. The van der Waals surface area contributed by atoms with Crippen molar-refractivity contribution < 1.29 is 13.5 Å². The van der Waals surface area contributed by atoms with E-state index in [1.54, 1.807) is 30.4 Å². The average Bonchev–Trinajstić information content (AvgIpc) is 2.30. The van der Waals surface area contributed by atoms with E-state index < -0.39 is 6.61 Å². The molecule has 1 aromatic rings. The predicted octanol–water partition coefficient (Wildman–Crippen LogP) is 4.00. The van der Waals surface area contributed by atoms with E-state index in [1.807, 2.05) is 0 Å². The van der Waals surface area contributed by atoms with Crippen molar-refractivity contribution in [2.75, 3.05) is 6.54 Å². The average molecular weight is 239 g/mol. The Labute approximate surface area is 97.1 Å². The van der Waals surface area contributed by atoms with Crippen LogP contribution in [0.1, 0.15) is 12.0 Å². The summed E-state index contributed by atoms with van der Waals surface area (Å²) in [4.78, 5) is 2.60. The summed E-state index contributed by atoms with van der Waals surface area (Å²) in [5.41, 5.74) is 8.62. The zero-order valence-corrected chi connectivity index (χ0v) is 8.96. The highest BCUT2D eigenvalue weighted by Crippen LogP contribution is 2.21. The Kier molecular flexibility index (Phi) is 5.54. The lowest BCUT2D eigenvalue weighted by Crippen LogP contribution is -2.02. The van der Waals surface area contributed by atoms with Gasteiger partial charge in [0.15, 0.2) is 0 Å². The zero-order valence-electron chi connectivity index (χ0n) is 8.96. The number of para-hydroxylation sites is 1. The molecule has 90 valence electrons. The maximum Gasteiger partial charge on any atom is 0.387 e. The van der Waals surface area contributed by atoms with Crippen molar-refractivity contribution >= 4 is 6.08 Å². The van der Waals surface area contributed by atoms with Crippen molar-refractivity contribution in [1.82, 2.24) is 0 Å². The molecule has 0 aliphatic carbocycles. The van der Waals surface area contributed by atoms with Gasteiger partial charge in [-0.15, -0.1) is 0 Å². The van der Waals surface area contributed by atoms with Crippen LogP contribution in [0.3, 0.4) is 0 Å². The summed E-state index contributed by atoms with van der Waals surface area (Å²) in [6.45, 7) is -2.50. The normalized spacial score (nSPS) is 10.5. The molecule has 17 heavy (non-hydrogen) atoms. The number of nitrogens with zero attached hydrogens (tertiary/aromatic N) is 3. The van der Waals surface area contributed by atoms with Gasteiger partial charge >= 0.3 is 6.61 Å². The predicted molar refractivity (Wildman–Crippen MR) is 60.7 cm³/mol. The first-order valence-electron chi connectivity index (χ1n) is 4.95. The Morgan fingerprint density at radius 2 is 2.18 bits per heavy atom. The highest BCUT2D eigenvalue weighted by molar-refractivity contribution is 5.57. The lowest BCUT2D eigenvalue weighted by molar-refractivity contribution is -0.0499. The monoisotopic (exact) mass is 239 g/mol. The molecule has 0 N–H and O–H groups in total. The minimum absolute atomic E-state index is 0.127. The van der Waals surface area contributed by atoms with E-state index in [1.165, 1.54) is 6.07 Å². The van der Waals surface area contributed by atoms with Gasteiger partial charge in [0.1, 0.15) is 5.75 Å². The van der Waals surface area contributed by atoms with Crippen LogP contribution in [-0.4, -0.2) is 13.2 Å². The molecule has 0 saturated carbocycles. The van der Waals surface area contributed by atoms with Gasteiger partial charge in [0.05, 0.1) is 0 Å². The van der Waals surface area contributed by atoms with Gasteiger partial charge in [0, 0.05) is 17.0 Å². The van der Waals surface area contributed by atoms with E-state index in [2.05, 4.69) is 14.8 Å². The van der Waals surface area contributed by atoms with Gasteiger partial charge in [0.2, 0.25) is 0 Å². The van der Waals surface area contributed by atoms with Gasteiger partial charge in [-0.25, -0.2) is 0 Å². The van der Waals surface area contributed by atoms with Crippen LogP contribution >= 0.6 is 0 Å². The van der Waals surface area contributed by atoms with E-state index in [9.17, 15) is 8.78 Å². The van der Waals surface area contributed by atoms with E-state index in [4.69, 9.17) is 5.53 Å². The van der Waals surface area contributed by atoms with Crippen LogP contribution in [0, 0.1) is 0 Å². The lowest BCUT2D eigenvalue weighted by Gasteiger charge is -2.07. The van der Waals surface area contributed by atoms with Crippen LogP contribution in [-0.2, 0) is 0 Å². The van der Waals surface area contributed by atoms with Gasteiger partial charge in [-0.1, -0.05) is 35.5 Å². The summed E-state index contributed by atoms with van der Waals surface area (Å²) in [5, 5.41) is 3.35. The number of halogens is 2. The maximum absolute atomic E-state index is 12.1. The number of hydrogen-bond acceptors (Lipinski definition) is 2. The molecule has 0 bridgehead atoms. The van der Waals surface area contributed by atoms with E-state index in [0.717, 1.165) is 0 Å². The SMILES string of the molecule is [N-]=[N+]=NCCC=Cc1ccccc1OC(F)F. The van der Waals surface area contributed by atoms with Crippen LogP contribution in [0.15, 0.2) is 35.5 Å². The molecule has 0 unspecified atom stereocenters. The molecule has 4 nitrogen and oxygen atoms in total. The Bertz CT molecular complexity index is 428. The second-order valence-corrected chi connectivity index (χ2v) is 3.06. The second kappa shape index (κ2) is 7.24. The fraction of sp³-hybridized carbons (Fsp3) is 0.273. The number of azide groups is 1. The van der Waals surface area contributed by atoms with Gasteiger partial charge in [-0.05, 0) is 18.0 Å². The van der Waals surface area contributed by atoms with Crippen LogP contribution < -0.4 is 4.74 Å². The number of benzene rings is 1. The maximum atomic E-state index is 12.1. The summed E-state index contributed by atoms with van der Waals surface area (Å²) in [6, 6.07) is 6.49. The molecule has 0 heterocycles. The molecule has 1 aromatic carbocycles. The first-order valence-corrected chi connectivity index (χ1v) is 4.95. The van der Waals surface area contributed by atoms with Crippen molar-refractivity contribution in [2.24, 2.45) is 5.11 Å². The molecule has 0 atom stereocenters. The number of hydrogen-bond donors (Lipinski definition) is 0. The molecule has 0 aliphatic heterocycles. The second-order valence-electron chi connectivity index (χ2n) is 3.06. The highest BCUT2D eigenvalue weighted by Gasteiger charge is 2.06. The minimum atomic E-state index is -2.84. The smallest absolute Gasteiger partial charge is 0.387 e. The Morgan fingerprint density at radius 3 is 2.88 bits per heavy atom. The fourth-order valence-electron chi connectivity index (χ4n) is 1.21. The Morgan fingerprint density at radius 1 is 1.41 bits per heavy atom. The number of rotatable bonds is 6. The van der Waals surface area contributed by atoms with Crippen molar-refractivity contribution in [3.05, 3.63) is 46.3 Å². The minimum Gasteiger partial charge on any atom is -0.434 e. The molecule has 0 fully saturated rings. The third-order valence-corrected chi connectivity index (χ3v) is 1.89. The lowest BCUT2D eigenvalue weighted by atomic mass is 10.2. The molecule has 1 rings (SSSR count). The van der Waals surface area contributed by atoms with Crippen molar-refractivity contribution in [1.29, 1.82) is 0 Å². The largest absolute Gasteiger partial charge is 0.434 e. The first-order chi connectivity index (χ1) is 8.24. The molecule has 0 saturated heterocycles.